The van der Waals surface area contributed by atoms with Crippen LogP contribution in [0.4, 0.5) is 0 Å². The molecule has 2 N–H and O–H groups in total. The summed E-state index contributed by atoms with van der Waals surface area (Å²) in [7, 11) is 0. The average Bonchev–Trinajstić information content (AvgIpc) is 2.79. The van der Waals surface area contributed by atoms with E-state index in [9.17, 15) is 0 Å². The van der Waals surface area contributed by atoms with Crippen molar-refractivity contribution in [2.24, 2.45) is 11.7 Å². The molecule has 0 saturated carbocycles. The molecule has 0 spiro atoms. The standard InChI is InChI=1S/C14H22BrN3/c1-2-3-11-4-5-18(10-11)14(7-16)12-6-13(15)9-17-8-12/h6,8-9,11,14H,2-5,7,10,16H2,1H3. The summed E-state index contributed by atoms with van der Waals surface area (Å²) in [5.74, 6) is 0.851. The number of likely N-dealkylation sites (tertiary alicyclic amines) is 1. The van der Waals surface area contributed by atoms with Crippen molar-refractivity contribution in [1.82, 2.24) is 9.88 Å². The highest BCUT2D eigenvalue weighted by Gasteiger charge is 2.28. The van der Waals surface area contributed by atoms with Gasteiger partial charge in [0.1, 0.15) is 0 Å². The number of nitrogens with two attached hydrogens (primary N) is 1. The lowest BCUT2D eigenvalue weighted by molar-refractivity contribution is 0.239. The molecule has 0 aliphatic carbocycles. The molecule has 1 fully saturated rings. The number of nitrogens with zero attached hydrogens (tertiary/aromatic N) is 2. The summed E-state index contributed by atoms with van der Waals surface area (Å²) in [6, 6.07) is 2.45. The predicted molar refractivity (Wildman–Crippen MR) is 78.3 cm³/mol. The highest BCUT2D eigenvalue weighted by atomic mass is 79.9. The lowest BCUT2D eigenvalue weighted by Gasteiger charge is -2.27. The van der Waals surface area contributed by atoms with E-state index in [1.807, 2.05) is 12.4 Å². The molecule has 2 heterocycles. The molecular weight excluding hydrogens is 290 g/mol. The first-order valence-electron chi connectivity index (χ1n) is 6.79. The van der Waals surface area contributed by atoms with Crippen LogP contribution >= 0.6 is 15.9 Å². The first-order chi connectivity index (χ1) is 8.74. The Morgan fingerprint density at radius 1 is 1.56 bits per heavy atom. The van der Waals surface area contributed by atoms with Crippen molar-refractivity contribution >= 4 is 15.9 Å². The van der Waals surface area contributed by atoms with Crippen molar-refractivity contribution in [3.8, 4) is 0 Å². The van der Waals surface area contributed by atoms with Crippen molar-refractivity contribution < 1.29 is 0 Å². The summed E-state index contributed by atoms with van der Waals surface area (Å²) in [6.07, 6.45) is 7.69. The van der Waals surface area contributed by atoms with Crippen molar-refractivity contribution in [2.45, 2.75) is 32.2 Å². The summed E-state index contributed by atoms with van der Waals surface area (Å²) in [6.45, 7) is 5.28. The van der Waals surface area contributed by atoms with Gasteiger partial charge in [-0.3, -0.25) is 9.88 Å². The molecule has 4 heteroatoms. The molecule has 0 bridgehead atoms. The summed E-state index contributed by atoms with van der Waals surface area (Å²) in [5.41, 5.74) is 7.20. The molecule has 1 aliphatic rings. The van der Waals surface area contributed by atoms with Gasteiger partial charge in [0, 0.05) is 36.0 Å². The van der Waals surface area contributed by atoms with E-state index in [4.69, 9.17) is 5.73 Å². The van der Waals surface area contributed by atoms with Crippen molar-refractivity contribution in [2.75, 3.05) is 19.6 Å². The zero-order chi connectivity index (χ0) is 13.0. The second-order valence-corrected chi connectivity index (χ2v) is 6.04. The van der Waals surface area contributed by atoms with Crippen molar-refractivity contribution in [1.29, 1.82) is 0 Å². The van der Waals surface area contributed by atoms with E-state index in [0.717, 1.165) is 10.4 Å². The summed E-state index contributed by atoms with van der Waals surface area (Å²) in [4.78, 5) is 6.77. The number of hydrogen-bond acceptors (Lipinski definition) is 3. The van der Waals surface area contributed by atoms with Gasteiger partial charge >= 0.3 is 0 Å². The van der Waals surface area contributed by atoms with Gasteiger partial charge in [0.25, 0.3) is 0 Å². The normalized spacial score (nSPS) is 22.3. The Balaban J connectivity index is 2.06. The van der Waals surface area contributed by atoms with Gasteiger partial charge < -0.3 is 5.73 Å². The predicted octanol–water partition coefficient (Wildman–Crippen LogP) is 2.97. The molecule has 2 unspecified atom stereocenters. The molecule has 2 rings (SSSR count). The average molecular weight is 312 g/mol. The topological polar surface area (TPSA) is 42.1 Å². The van der Waals surface area contributed by atoms with Crippen LogP contribution in [-0.2, 0) is 0 Å². The first kappa shape index (κ1) is 14.0. The number of hydrogen-bond donors (Lipinski definition) is 1. The summed E-state index contributed by atoms with van der Waals surface area (Å²) < 4.78 is 1.03. The van der Waals surface area contributed by atoms with E-state index in [0.29, 0.717) is 12.6 Å². The van der Waals surface area contributed by atoms with Gasteiger partial charge in [-0.1, -0.05) is 13.3 Å². The van der Waals surface area contributed by atoms with E-state index in [1.54, 1.807) is 0 Å². The SMILES string of the molecule is CCCC1CCN(C(CN)c2cncc(Br)c2)C1. The fourth-order valence-electron chi connectivity index (χ4n) is 2.90. The van der Waals surface area contributed by atoms with Gasteiger partial charge in [-0.05, 0) is 52.9 Å². The molecule has 2 atom stereocenters. The maximum Gasteiger partial charge on any atom is 0.0486 e. The van der Waals surface area contributed by atoms with E-state index >= 15 is 0 Å². The maximum absolute atomic E-state index is 5.97. The Labute approximate surface area is 118 Å². The minimum Gasteiger partial charge on any atom is -0.329 e. The van der Waals surface area contributed by atoms with Gasteiger partial charge in [0.05, 0.1) is 0 Å². The van der Waals surface area contributed by atoms with Crippen LogP contribution in [0.2, 0.25) is 0 Å². The molecule has 0 amide bonds. The van der Waals surface area contributed by atoms with E-state index in [1.165, 1.54) is 37.9 Å². The molecular formula is C14H22BrN3. The minimum absolute atomic E-state index is 0.317. The van der Waals surface area contributed by atoms with Crippen LogP contribution in [0.25, 0.3) is 0 Å². The Kier molecular flexibility index (Phi) is 5.15. The van der Waals surface area contributed by atoms with Gasteiger partial charge in [-0.2, -0.15) is 0 Å². The van der Waals surface area contributed by atoms with Crippen LogP contribution in [0.1, 0.15) is 37.8 Å². The Morgan fingerprint density at radius 3 is 3.06 bits per heavy atom. The van der Waals surface area contributed by atoms with Crippen LogP contribution < -0.4 is 5.73 Å². The second-order valence-electron chi connectivity index (χ2n) is 5.13. The van der Waals surface area contributed by atoms with Gasteiger partial charge in [-0.15, -0.1) is 0 Å². The molecule has 100 valence electrons. The Bertz CT molecular complexity index is 383. The zero-order valence-corrected chi connectivity index (χ0v) is 12.6. The fraction of sp³-hybridized carbons (Fsp3) is 0.643. The van der Waals surface area contributed by atoms with Crippen molar-refractivity contribution in [3.05, 3.63) is 28.5 Å². The van der Waals surface area contributed by atoms with E-state index < -0.39 is 0 Å². The number of rotatable bonds is 5. The Hall–Kier alpha value is -0.450. The Morgan fingerprint density at radius 2 is 2.39 bits per heavy atom. The summed E-state index contributed by atoms with van der Waals surface area (Å²) in [5, 5.41) is 0. The van der Waals surface area contributed by atoms with Crippen LogP contribution in [0, 0.1) is 5.92 Å². The molecule has 1 saturated heterocycles. The second kappa shape index (κ2) is 6.64. The lowest BCUT2D eigenvalue weighted by Crippen LogP contribution is -2.32. The van der Waals surface area contributed by atoms with Crippen molar-refractivity contribution in [3.63, 3.8) is 0 Å². The number of aromatic nitrogens is 1. The smallest absolute Gasteiger partial charge is 0.0486 e. The molecule has 1 aliphatic heterocycles. The third-order valence-corrected chi connectivity index (χ3v) is 4.22. The molecule has 1 aromatic heterocycles. The van der Waals surface area contributed by atoms with Crippen LogP contribution in [0.3, 0.4) is 0 Å². The molecule has 0 aromatic carbocycles. The summed E-state index contributed by atoms with van der Waals surface area (Å²) >= 11 is 3.48. The third kappa shape index (κ3) is 3.31. The number of pyridine rings is 1. The van der Waals surface area contributed by atoms with Gasteiger partial charge in [0.15, 0.2) is 0 Å². The van der Waals surface area contributed by atoms with Crippen LogP contribution in [0.5, 0.6) is 0 Å². The zero-order valence-electron chi connectivity index (χ0n) is 11.0. The largest absolute Gasteiger partial charge is 0.329 e. The molecule has 18 heavy (non-hydrogen) atoms. The van der Waals surface area contributed by atoms with Crippen LogP contribution in [0.15, 0.2) is 22.9 Å². The minimum atomic E-state index is 0.317. The van der Waals surface area contributed by atoms with Crippen LogP contribution in [-0.4, -0.2) is 29.5 Å². The molecule has 3 nitrogen and oxygen atoms in total. The van der Waals surface area contributed by atoms with Gasteiger partial charge in [0.2, 0.25) is 0 Å². The van der Waals surface area contributed by atoms with Gasteiger partial charge in [-0.25, -0.2) is 0 Å². The quantitative estimate of drug-likeness (QED) is 0.909. The molecule has 1 aromatic rings. The van der Waals surface area contributed by atoms with E-state index in [2.05, 4.69) is 38.8 Å². The fourth-order valence-corrected chi connectivity index (χ4v) is 3.28. The highest BCUT2D eigenvalue weighted by Crippen LogP contribution is 2.29. The maximum atomic E-state index is 5.97. The van der Waals surface area contributed by atoms with E-state index in [-0.39, 0.29) is 0 Å². The third-order valence-electron chi connectivity index (χ3n) is 3.79. The lowest BCUT2D eigenvalue weighted by atomic mass is 10.0. The molecule has 0 radical (unpaired) electrons. The number of halogens is 1. The monoisotopic (exact) mass is 311 g/mol. The highest BCUT2D eigenvalue weighted by molar-refractivity contribution is 9.10. The first-order valence-corrected chi connectivity index (χ1v) is 7.58.